The zero-order valence-corrected chi connectivity index (χ0v) is 10.5. The summed E-state index contributed by atoms with van der Waals surface area (Å²) >= 11 is 0. The predicted octanol–water partition coefficient (Wildman–Crippen LogP) is 3.32. The molecule has 0 spiro atoms. The van der Waals surface area contributed by atoms with Gasteiger partial charge in [-0.2, -0.15) is 0 Å². The van der Waals surface area contributed by atoms with E-state index in [1.807, 2.05) is 13.8 Å². The molecule has 0 aliphatic rings. The second kappa shape index (κ2) is 6.93. The Morgan fingerprint density at radius 3 is 2.17 bits per heavy atom. The van der Waals surface area contributed by atoms with Gasteiger partial charge < -0.3 is 9.47 Å². The topological polar surface area (TPSA) is 35.5 Å². The summed E-state index contributed by atoms with van der Waals surface area (Å²) in [6, 6.07) is 1.85. The number of carbonyl (C=O) groups excluding carboxylic acids is 1. The van der Waals surface area contributed by atoms with E-state index in [2.05, 4.69) is 0 Å². The summed E-state index contributed by atoms with van der Waals surface area (Å²) in [4.78, 5) is 11.4. The first-order valence-corrected chi connectivity index (χ1v) is 5.89. The Labute approximate surface area is 105 Å². The third-order valence-electron chi connectivity index (χ3n) is 2.12. The molecule has 3 nitrogen and oxygen atoms in total. The summed E-state index contributed by atoms with van der Waals surface area (Å²) in [5.74, 6) is -2.99. The molecule has 18 heavy (non-hydrogen) atoms. The van der Waals surface area contributed by atoms with Crippen LogP contribution in [0.1, 0.15) is 37.0 Å². The number of rotatable bonds is 6. The lowest BCUT2D eigenvalue weighted by Gasteiger charge is -2.09. The summed E-state index contributed by atoms with van der Waals surface area (Å²) in [6.45, 7) is 4.09. The van der Waals surface area contributed by atoms with E-state index in [1.54, 1.807) is 0 Å². The molecule has 0 N–H and O–H groups in total. The van der Waals surface area contributed by atoms with Crippen molar-refractivity contribution in [3.05, 3.63) is 29.3 Å². The van der Waals surface area contributed by atoms with E-state index < -0.39 is 23.4 Å². The van der Waals surface area contributed by atoms with Crippen molar-refractivity contribution >= 4 is 5.97 Å². The van der Waals surface area contributed by atoms with Crippen LogP contribution in [0.5, 0.6) is 5.75 Å². The van der Waals surface area contributed by atoms with Crippen molar-refractivity contribution < 1.29 is 23.0 Å². The lowest BCUT2D eigenvalue weighted by molar-refractivity contribution is 0.0503. The van der Waals surface area contributed by atoms with Gasteiger partial charge in [0.05, 0.1) is 18.8 Å². The van der Waals surface area contributed by atoms with E-state index in [0.29, 0.717) is 12.8 Å². The first kappa shape index (κ1) is 14.4. The normalized spacial score (nSPS) is 10.2. The van der Waals surface area contributed by atoms with Crippen molar-refractivity contribution in [3.63, 3.8) is 0 Å². The molecule has 1 rings (SSSR count). The Morgan fingerprint density at radius 1 is 1.11 bits per heavy atom. The SMILES string of the molecule is CCCOC(=O)c1cc(F)c(OCCC)c(F)c1. The molecule has 0 aliphatic carbocycles. The Kier molecular flexibility index (Phi) is 5.55. The lowest BCUT2D eigenvalue weighted by Crippen LogP contribution is -2.08. The zero-order valence-electron chi connectivity index (χ0n) is 10.5. The molecule has 0 heterocycles. The van der Waals surface area contributed by atoms with Crippen LogP contribution in [0.4, 0.5) is 8.78 Å². The number of benzene rings is 1. The molecular formula is C13H16F2O3. The summed E-state index contributed by atoms with van der Waals surface area (Å²) in [7, 11) is 0. The fourth-order valence-electron chi connectivity index (χ4n) is 1.30. The van der Waals surface area contributed by atoms with Gasteiger partial charge in [-0.15, -0.1) is 0 Å². The smallest absolute Gasteiger partial charge is 0.338 e. The van der Waals surface area contributed by atoms with Crippen LogP contribution in [0.3, 0.4) is 0 Å². The molecule has 0 radical (unpaired) electrons. The van der Waals surface area contributed by atoms with Crippen molar-refractivity contribution in [1.29, 1.82) is 0 Å². The van der Waals surface area contributed by atoms with Crippen molar-refractivity contribution in [2.45, 2.75) is 26.7 Å². The maximum absolute atomic E-state index is 13.5. The molecule has 0 fully saturated rings. The number of carbonyl (C=O) groups is 1. The Morgan fingerprint density at radius 2 is 1.67 bits per heavy atom. The van der Waals surface area contributed by atoms with Gasteiger partial charge in [0.2, 0.25) is 0 Å². The highest BCUT2D eigenvalue weighted by Crippen LogP contribution is 2.23. The molecule has 0 saturated heterocycles. The number of ether oxygens (including phenoxy) is 2. The van der Waals surface area contributed by atoms with Crippen molar-refractivity contribution in [3.8, 4) is 5.75 Å². The Balaban J connectivity index is 2.88. The van der Waals surface area contributed by atoms with Gasteiger partial charge >= 0.3 is 5.97 Å². The molecule has 5 heteroatoms. The standard InChI is InChI=1S/C13H16F2O3/c1-3-5-17-12-10(14)7-9(8-11(12)15)13(16)18-6-4-2/h7-8H,3-6H2,1-2H3. The molecule has 0 aromatic heterocycles. The Hall–Kier alpha value is -1.65. The maximum Gasteiger partial charge on any atom is 0.338 e. The first-order valence-electron chi connectivity index (χ1n) is 5.89. The molecule has 0 saturated carbocycles. The molecule has 0 bridgehead atoms. The molecule has 1 aromatic rings. The van der Waals surface area contributed by atoms with Crippen molar-refractivity contribution in [1.82, 2.24) is 0 Å². The maximum atomic E-state index is 13.5. The van der Waals surface area contributed by atoms with E-state index >= 15 is 0 Å². The van der Waals surface area contributed by atoms with Crippen LogP contribution in [-0.2, 0) is 4.74 Å². The van der Waals surface area contributed by atoms with Crippen LogP contribution >= 0.6 is 0 Å². The number of hydrogen-bond acceptors (Lipinski definition) is 3. The largest absolute Gasteiger partial charge is 0.488 e. The van der Waals surface area contributed by atoms with Gasteiger partial charge in [0.25, 0.3) is 0 Å². The molecule has 0 aliphatic heterocycles. The van der Waals surface area contributed by atoms with Crippen LogP contribution in [-0.4, -0.2) is 19.2 Å². The second-order valence-corrected chi connectivity index (χ2v) is 3.75. The fraction of sp³-hybridized carbons (Fsp3) is 0.462. The van der Waals surface area contributed by atoms with Gasteiger partial charge in [0.15, 0.2) is 17.4 Å². The summed E-state index contributed by atoms with van der Waals surface area (Å²) in [5, 5.41) is 0. The third kappa shape index (κ3) is 3.68. The molecule has 0 unspecified atom stereocenters. The number of esters is 1. The van der Waals surface area contributed by atoms with Gasteiger partial charge in [-0.3, -0.25) is 0 Å². The van der Waals surface area contributed by atoms with Crippen LogP contribution in [0.25, 0.3) is 0 Å². The van der Waals surface area contributed by atoms with Crippen LogP contribution in [0, 0.1) is 11.6 Å². The minimum Gasteiger partial charge on any atom is -0.488 e. The Bertz CT molecular complexity index is 396. The first-order chi connectivity index (χ1) is 8.60. The van der Waals surface area contributed by atoms with E-state index in [1.165, 1.54) is 0 Å². The van der Waals surface area contributed by atoms with E-state index in [9.17, 15) is 13.6 Å². The highest BCUT2D eigenvalue weighted by Gasteiger charge is 2.17. The van der Waals surface area contributed by atoms with Crippen LogP contribution in [0.15, 0.2) is 12.1 Å². The van der Waals surface area contributed by atoms with Gasteiger partial charge in [-0.1, -0.05) is 13.8 Å². The van der Waals surface area contributed by atoms with E-state index in [4.69, 9.17) is 9.47 Å². The van der Waals surface area contributed by atoms with Gasteiger partial charge in [0.1, 0.15) is 0 Å². The van der Waals surface area contributed by atoms with Crippen LogP contribution < -0.4 is 4.74 Å². The minimum atomic E-state index is -0.896. The van der Waals surface area contributed by atoms with Gasteiger partial charge in [-0.25, -0.2) is 13.6 Å². The van der Waals surface area contributed by atoms with Crippen molar-refractivity contribution in [2.75, 3.05) is 13.2 Å². The van der Waals surface area contributed by atoms with Gasteiger partial charge in [-0.05, 0) is 25.0 Å². The molecule has 0 atom stereocenters. The highest BCUT2D eigenvalue weighted by atomic mass is 19.1. The molecule has 100 valence electrons. The monoisotopic (exact) mass is 258 g/mol. The fourth-order valence-corrected chi connectivity index (χ4v) is 1.30. The van der Waals surface area contributed by atoms with Crippen LogP contribution in [0.2, 0.25) is 0 Å². The number of halogens is 2. The molecular weight excluding hydrogens is 242 g/mol. The molecule has 1 aromatic carbocycles. The predicted molar refractivity (Wildman–Crippen MR) is 62.7 cm³/mol. The summed E-state index contributed by atoms with van der Waals surface area (Å²) in [5.41, 5.74) is -0.151. The summed E-state index contributed by atoms with van der Waals surface area (Å²) < 4.78 is 36.8. The zero-order chi connectivity index (χ0) is 13.5. The molecule has 0 amide bonds. The van der Waals surface area contributed by atoms with Gasteiger partial charge in [0, 0.05) is 0 Å². The minimum absolute atomic E-state index is 0.151. The number of hydrogen-bond donors (Lipinski definition) is 0. The highest BCUT2D eigenvalue weighted by molar-refractivity contribution is 5.89. The average molecular weight is 258 g/mol. The average Bonchev–Trinajstić information content (AvgIpc) is 2.34. The lowest BCUT2D eigenvalue weighted by atomic mass is 10.2. The van der Waals surface area contributed by atoms with E-state index in [-0.39, 0.29) is 18.8 Å². The van der Waals surface area contributed by atoms with Crippen molar-refractivity contribution in [2.24, 2.45) is 0 Å². The third-order valence-corrected chi connectivity index (χ3v) is 2.12. The quantitative estimate of drug-likeness (QED) is 0.734. The second-order valence-electron chi connectivity index (χ2n) is 3.75. The summed E-state index contributed by atoms with van der Waals surface area (Å²) in [6.07, 6.45) is 1.29. The van der Waals surface area contributed by atoms with E-state index in [0.717, 1.165) is 12.1 Å².